The predicted molar refractivity (Wildman–Crippen MR) is 67.5 cm³/mol. The maximum absolute atomic E-state index is 4.51. The Labute approximate surface area is 95.9 Å². The Morgan fingerprint density at radius 1 is 1.25 bits per heavy atom. The molecular weight excluding hydrogens is 198 g/mol. The minimum Gasteiger partial charge on any atom is -0.369 e. The van der Waals surface area contributed by atoms with Gasteiger partial charge in [0.05, 0.1) is 17.2 Å². The van der Waals surface area contributed by atoms with E-state index in [1.54, 1.807) is 6.20 Å². The molecule has 84 valence electrons. The van der Waals surface area contributed by atoms with Crippen molar-refractivity contribution in [3.63, 3.8) is 0 Å². The van der Waals surface area contributed by atoms with E-state index in [2.05, 4.69) is 29.1 Å². The summed E-state index contributed by atoms with van der Waals surface area (Å²) in [5, 5.41) is 3.31. The summed E-state index contributed by atoms with van der Waals surface area (Å²) in [6, 6.07) is 7.91. The fourth-order valence-corrected chi connectivity index (χ4v) is 1.47. The van der Waals surface area contributed by atoms with Crippen molar-refractivity contribution in [2.75, 3.05) is 11.9 Å². The van der Waals surface area contributed by atoms with Crippen LogP contribution >= 0.6 is 0 Å². The Balaban J connectivity index is 2.13. The number of aromatic nitrogens is 2. The Morgan fingerprint density at radius 2 is 2.00 bits per heavy atom. The molecule has 3 heteroatoms. The fraction of sp³-hybridized carbons (Fsp3) is 0.385. The van der Waals surface area contributed by atoms with Gasteiger partial charge in [-0.2, -0.15) is 0 Å². The summed E-state index contributed by atoms with van der Waals surface area (Å²) in [4.78, 5) is 8.87. The molecule has 0 saturated heterocycles. The lowest BCUT2D eigenvalue weighted by molar-refractivity contribution is 0.592. The summed E-state index contributed by atoms with van der Waals surface area (Å²) in [5.41, 5.74) is 1.88. The zero-order chi connectivity index (χ0) is 11.4. The van der Waals surface area contributed by atoms with Gasteiger partial charge in [-0.15, -0.1) is 0 Å². The average Bonchev–Trinajstić information content (AvgIpc) is 2.35. The van der Waals surface area contributed by atoms with Crippen molar-refractivity contribution in [3.05, 3.63) is 30.5 Å². The van der Waals surface area contributed by atoms with Crippen LogP contribution in [0.4, 0.5) is 5.82 Å². The van der Waals surface area contributed by atoms with Crippen LogP contribution < -0.4 is 5.32 Å². The molecule has 16 heavy (non-hydrogen) atoms. The molecule has 1 atom stereocenters. The van der Waals surface area contributed by atoms with Crippen molar-refractivity contribution in [2.45, 2.75) is 20.3 Å². The monoisotopic (exact) mass is 215 g/mol. The number of nitrogens with one attached hydrogen (secondary N) is 1. The summed E-state index contributed by atoms with van der Waals surface area (Å²) in [5.74, 6) is 1.52. The van der Waals surface area contributed by atoms with Crippen molar-refractivity contribution in [3.8, 4) is 0 Å². The highest BCUT2D eigenvalue weighted by Crippen LogP contribution is 2.12. The second-order valence-electron chi connectivity index (χ2n) is 4.14. The van der Waals surface area contributed by atoms with Crippen LogP contribution in [0, 0.1) is 5.92 Å². The van der Waals surface area contributed by atoms with E-state index in [1.165, 1.54) is 6.42 Å². The maximum atomic E-state index is 4.51. The van der Waals surface area contributed by atoms with Gasteiger partial charge < -0.3 is 5.32 Å². The summed E-state index contributed by atoms with van der Waals surface area (Å²) in [7, 11) is 0. The molecule has 1 aromatic carbocycles. The highest BCUT2D eigenvalue weighted by atomic mass is 15.0. The first-order chi connectivity index (χ1) is 7.79. The Hall–Kier alpha value is -1.64. The molecule has 2 aromatic rings. The first-order valence-electron chi connectivity index (χ1n) is 5.75. The highest BCUT2D eigenvalue weighted by Gasteiger charge is 2.01. The Kier molecular flexibility index (Phi) is 3.34. The van der Waals surface area contributed by atoms with Crippen LogP contribution in [0.3, 0.4) is 0 Å². The zero-order valence-corrected chi connectivity index (χ0v) is 9.77. The van der Waals surface area contributed by atoms with Gasteiger partial charge in [-0.05, 0) is 18.1 Å². The van der Waals surface area contributed by atoms with Crippen LogP contribution in [0.25, 0.3) is 11.0 Å². The second-order valence-corrected chi connectivity index (χ2v) is 4.14. The number of para-hydroxylation sites is 2. The molecule has 0 spiro atoms. The molecule has 3 nitrogen and oxygen atoms in total. The quantitative estimate of drug-likeness (QED) is 0.851. The molecule has 1 unspecified atom stereocenters. The van der Waals surface area contributed by atoms with E-state index in [1.807, 2.05) is 24.3 Å². The molecule has 0 fully saturated rings. The van der Waals surface area contributed by atoms with Gasteiger partial charge in [0.25, 0.3) is 0 Å². The lowest BCUT2D eigenvalue weighted by Gasteiger charge is -2.10. The predicted octanol–water partition coefficient (Wildman–Crippen LogP) is 3.09. The number of anilines is 1. The molecular formula is C13H17N3. The molecule has 2 rings (SSSR count). The van der Waals surface area contributed by atoms with Gasteiger partial charge in [0.1, 0.15) is 5.82 Å². The number of nitrogens with zero attached hydrogens (tertiary/aromatic N) is 2. The summed E-state index contributed by atoms with van der Waals surface area (Å²) in [6.07, 6.45) is 2.97. The third-order valence-electron chi connectivity index (χ3n) is 2.78. The second kappa shape index (κ2) is 4.92. The van der Waals surface area contributed by atoms with Crippen LogP contribution in [-0.2, 0) is 0 Å². The number of fused-ring (bicyclic) bond motifs is 1. The van der Waals surface area contributed by atoms with Crippen LogP contribution in [-0.4, -0.2) is 16.5 Å². The molecule has 0 aliphatic heterocycles. The lowest BCUT2D eigenvalue weighted by atomic mass is 10.1. The van der Waals surface area contributed by atoms with Crippen molar-refractivity contribution < 1.29 is 0 Å². The van der Waals surface area contributed by atoms with Gasteiger partial charge in [-0.3, -0.25) is 4.98 Å². The molecule has 1 N–H and O–H groups in total. The Bertz CT molecular complexity index is 467. The van der Waals surface area contributed by atoms with Crippen LogP contribution in [0.1, 0.15) is 20.3 Å². The minimum absolute atomic E-state index is 0.660. The average molecular weight is 215 g/mol. The normalized spacial score (nSPS) is 12.6. The summed E-state index contributed by atoms with van der Waals surface area (Å²) < 4.78 is 0. The van der Waals surface area contributed by atoms with Crippen LogP contribution in [0.2, 0.25) is 0 Å². The summed E-state index contributed by atoms with van der Waals surface area (Å²) in [6.45, 7) is 5.36. The van der Waals surface area contributed by atoms with E-state index >= 15 is 0 Å². The van der Waals surface area contributed by atoms with Gasteiger partial charge in [0.2, 0.25) is 0 Å². The largest absolute Gasteiger partial charge is 0.369 e. The highest BCUT2D eigenvalue weighted by molar-refractivity contribution is 5.75. The van der Waals surface area contributed by atoms with Gasteiger partial charge in [-0.25, -0.2) is 4.98 Å². The van der Waals surface area contributed by atoms with Crippen molar-refractivity contribution in [1.29, 1.82) is 0 Å². The minimum atomic E-state index is 0.660. The molecule has 0 radical (unpaired) electrons. The van der Waals surface area contributed by atoms with Crippen LogP contribution in [0.5, 0.6) is 0 Å². The van der Waals surface area contributed by atoms with Gasteiger partial charge >= 0.3 is 0 Å². The number of hydrogen-bond donors (Lipinski definition) is 1. The molecule has 0 saturated carbocycles. The molecule has 1 aromatic heterocycles. The topological polar surface area (TPSA) is 37.8 Å². The van der Waals surface area contributed by atoms with E-state index in [0.29, 0.717) is 5.92 Å². The van der Waals surface area contributed by atoms with E-state index < -0.39 is 0 Å². The van der Waals surface area contributed by atoms with E-state index in [9.17, 15) is 0 Å². The van der Waals surface area contributed by atoms with Gasteiger partial charge in [0.15, 0.2) is 0 Å². The third-order valence-corrected chi connectivity index (χ3v) is 2.78. The molecule has 0 aliphatic rings. The molecule has 0 aliphatic carbocycles. The van der Waals surface area contributed by atoms with E-state index in [4.69, 9.17) is 0 Å². The molecule has 0 bridgehead atoms. The van der Waals surface area contributed by atoms with E-state index in [-0.39, 0.29) is 0 Å². The van der Waals surface area contributed by atoms with Crippen molar-refractivity contribution in [2.24, 2.45) is 5.92 Å². The smallest absolute Gasteiger partial charge is 0.145 e. The number of rotatable bonds is 4. The van der Waals surface area contributed by atoms with Gasteiger partial charge in [-0.1, -0.05) is 32.4 Å². The first kappa shape index (κ1) is 10.9. The number of benzene rings is 1. The molecule has 0 amide bonds. The van der Waals surface area contributed by atoms with Gasteiger partial charge in [0, 0.05) is 6.54 Å². The van der Waals surface area contributed by atoms with Crippen molar-refractivity contribution in [1.82, 2.24) is 9.97 Å². The fourth-order valence-electron chi connectivity index (χ4n) is 1.47. The van der Waals surface area contributed by atoms with E-state index in [0.717, 1.165) is 23.4 Å². The number of hydrogen-bond acceptors (Lipinski definition) is 3. The SMILES string of the molecule is CCC(C)CNc1cnc2ccccc2n1. The third kappa shape index (κ3) is 2.48. The first-order valence-corrected chi connectivity index (χ1v) is 5.75. The lowest BCUT2D eigenvalue weighted by Crippen LogP contribution is -2.11. The van der Waals surface area contributed by atoms with Crippen LogP contribution in [0.15, 0.2) is 30.5 Å². The van der Waals surface area contributed by atoms with Crippen molar-refractivity contribution >= 4 is 16.9 Å². The molecule has 1 heterocycles. The zero-order valence-electron chi connectivity index (χ0n) is 9.77. The Morgan fingerprint density at radius 3 is 2.75 bits per heavy atom. The summed E-state index contributed by atoms with van der Waals surface area (Å²) >= 11 is 0. The maximum Gasteiger partial charge on any atom is 0.145 e. The standard InChI is InChI=1S/C13H17N3/c1-3-10(2)8-15-13-9-14-11-6-4-5-7-12(11)16-13/h4-7,9-10H,3,8H2,1-2H3,(H,15,16).